The number of aromatic nitrogens is 4. The van der Waals surface area contributed by atoms with Gasteiger partial charge in [0.15, 0.2) is 11.6 Å². The van der Waals surface area contributed by atoms with E-state index in [-0.39, 0.29) is 17.7 Å². The highest BCUT2D eigenvalue weighted by Crippen LogP contribution is 2.39. The number of benzene rings is 1. The minimum atomic E-state index is -2.12. The van der Waals surface area contributed by atoms with Crippen molar-refractivity contribution in [2.75, 3.05) is 5.75 Å². The molecule has 0 saturated heterocycles. The normalized spacial score (nSPS) is 18.4. The van der Waals surface area contributed by atoms with E-state index in [1.54, 1.807) is 10.9 Å². The number of ketones is 1. The average Bonchev–Trinajstić information content (AvgIpc) is 3.41. The van der Waals surface area contributed by atoms with Crippen LogP contribution >= 0.6 is 11.9 Å². The first-order valence-corrected chi connectivity index (χ1v) is 12.4. The monoisotopic (exact) mass is 493 g/mol. The molecule has 3 heterocycles. The Labute approximate surface area is 205 Å². The fraction of sp³-hybridized carbons (Fsp3) is 0.269. The van der Waals surface area contributed by atoms with Crippen molar-refractivity contribution < 1.29 is 13.6 Å². The van der Waals surface area contributed by atoms with Crippen molar-refractivity contribution in [1.29, 1.82) is 0 Å². The summed E-state index contributed by atoms with van der Waals surface area (Å²) in [6.07, 6.45) is 7.39. The van der Waals surface area contributed by atoms with Crippen LogP contribution in [0.1, 0.15) is 37.0 Å². The molecule has 0 radical (unpaired) electrons. The van der Waals surface area contributed by atoms with Crippen LogP contribution in [0.5, 0.6) is 0 Å². The molecule has 0 amide bonds. The number of rotatable bonds is 7. The van der Waals surface area contributed by atoms with Crippen molar-refractivity contribution in [1.82, 2.24) is 24.5 Å². The van der Waals surface area contributed by atoms with Crippen molar-refractivity contribution >= 4 is 39.7 Å². The average molecular weight is 494 g/mol. The van der Waals surface area contributed by atoms with Gasteiger partial charge in [0.25, 0.3) is 0 Å². The summed E-state index contributed by atoms with van der Waals surface area (Å²) in [7, 11) is 1.86. The van der Waals surface area contributed by atoms with E-state index in [0.717, 1.165) is 34.2 Å². The second-order valence-corrected chi connectivity index (χ2v) is 9.79. The maximum atomic E-state index is 15.5. The molecule has 0 aliphatic heterocycles. The molecule has 2 N–H and O–H groups in total. The number of pyridine rings is 1. The van der Waals surface area contributed by atoms with Crippen LogP contribution < -0.4 is 4.72 Å². The van der Waals surface area contributed by atoms with E-state index < -0.39 is 22.9 Å². The lowest BCUT2D eigenvalue weighted by Gasteiger charge is -2.27. The van der Waals surface area contributed by atoms with Crippen LogP contribution in [0.2, 0.25) is 0 Å². The Balaban J connectivity index is 1.55. The number of aromatic amines is 1. The van der Waals surface area contributed by atoms with Gasteiger partial charge in [-0.2, -0.15) is 5.10 Å². The Kier molecular flexibility index (Phi) is 5.96. The van der Waals surface area contributed by atoms with Gasteiger partial charge in [0.2, 0.25) is 0 Å². The molecule has 4 aromatic rings. The number of alkyl halides is 1. The van der Waals surface area contributed by atoms with E-state index in [9.17, 15) is 4.79 Å². The first-order chi connectivity index (χ1) is 16.8. The SMILES string of the molecule is CCCSNC1=CCC(C)(F)C(C(=O)c2c[nH]c3ncc(-c4ccc5cn(C)nc5c4)cc23)=C1F. The molecule has 6 nitrogen and oxygen atoms in total. The van der Waals surface area contributed by atoms with Gasteiger partial charge in [0, 0.05) is 59.7 Å². The smallest absolute Gasteiger partial charge is 0.197 e. The van der Waals surface area contributed by atoms with E-state index in [4.69, 9.17) is 0 Å². The van der Waals surface area contributed by atoms with Gasteiger partial charge >= 0.3 is 0 Å². The number of hydrogen-bond acceptors (Lipinski definition) is 5. The summed E-state index contributed by atoms with van der Waals surface area (Å²) in [6.45, 7) is 3.25. The summed E-state index contributed by atoms with van der Waals surface area (Å²) in [4.78, 5) is 21.0. The number of hydrogen-bond donors (Lipinski definition) is 2. The summed E-state index contributed by atoms with van der Waals surface area (Å²) >= 11 is 1.33. The highest BCUT2D eigenvalue weighted by molar-refractivity contribution is 7.97. The number of nitrogens with zero attached hydrogens (tertiary/aromatic N) is 3. The number of halogens is 2. The van der Waals surface area contributed by atoms with Gasteiger partial charge in [0.1, 0.15) is 11.3 Å². The fourth-order valence-corrected chi connectivity index (χ4v) is 4.94. The van der Waals surface area contributed by atoms with Crippen LogP contribution in [0, 0.1) is 0 Å². The molecule has 180 valence electrons. The predicted molar refractivity (Wildman–Crippen MR) is 136 cm³/mol. The van der Waals surface area contributed by atoms with E-state index in [1.165, 1.54) is 31.1 Å². The standard InChI is InChI=1S/C26H25F2N5OS/c1-4-9-35-32-20-7-8-26(2,28)22(23(20)27)24(34)19-13-30-25-18(19)10-17(12-29-25)15-5-6-16-14-33(3)31-21(16)11-15/h5-7,10-14,32H,4,8-9H2,1-3H3,(H,29,30). The second kappa shape index (κ2) is 8.96. The summed E-state index contributed by atoms with van der Waals surface area (Å²) in [6, 6.07) is 7.70. The number of fused-ring (bicyclic) bond motifs is 2. The van der Waals surface area contributed by atoms with Crippen molar-refractivity contribution in [2.24, 2.45) is 7.05 Å². The van der Waals surface area contributed by atoms with Crippen LogP contribution in [0.3, 0.4) is 0 Å². The van der Waals surface area contributed by atoms with Crippen molar-refractivity contribution in [3.8, 4) is 11.1 Å². The van der Waals surface area contributed by atoms with Gasteiger partial charge < -0.3 is 9.71 Å². The summed E-state index contributed by atoms with van der Waals surface area (Å²) in [5, 5.41) is 5.97. The molecule has 5 rings (SSSR count). The van der Waals surface area contributed by atoms with Crippen LogP contribution in [-0.2, 0) is 7.05 Å². The third kappa shape index (κ3) is 4.25. The number of Topliss-reactive ketones (excluding diaryl/α,β-unsaturated/α-hetero) is 1. The highest BCUT2D eigenvalue weighted by atomic mass is 32.2. The molecule has 35 heavy (non-hydrogen) atoms. The molecule has 0 saturated carbocycles. The Morgan fingerprint density at radius 3 is 2.94 bits per heavy atom. The van der Waals surface area contributed by atoms with Crippen LogP contribution in [0.4, 0.5) is 8.78 Å². The predicted octanol–water partition coefficient (Wildman–Crippen LogP) is 6.19. The quantitative estimate of drug-likeness (QED) is 0.183. The Hall–Kier alpha value is -3.46. The lowest BCUT2D eigenvalue weighted by atomic mass is 9.83. The zero-order valence-electron chi connectivity index (χ0n) is 19.7. The number of aryl methyl sites for hydroxylation is 1. The van der Waals surface area contributed by atoms with Crippen molar-refractivity contribution in [3.05, 3.63) is 71.6 Å². The lowest BCUT2D eigenvalue weighted by molar-refractivity contribution is 0.0978. The summed E-state index contributed by atoms with van der Waals surface area (Å²) in [5.74, 6) is -0.776. The molecule has 9 heteroatoms. The first kappa shape index (κ1) is 23.3. The number of nitrogens with one attached hydrogen (secondary N) is 2. The molecule has 1 aliphatic rings. The summed E-state index contributed by atoms with van der Waals surface area (Å²) in [5.41, 5.74) is 0.700. The van der Waals surface area contributed by atoms with E-state index in [0.29, 0.717) is 11.0 Å². The number of carbonyl (C=O) groups excluding carboxylic acids is 1. The Bertz CT molecular complexity index is 1510. The van der Waals surface area contributed by atoms with Gasteiger partial charge in [-0.05, 0) is 31.0 Å². The zero-order chi connectivity index (χ0) is 24.7. The maximum absolute atomic E-state index is 15.5. The Morgan fingerprint density at radius 1 is 1.31 bits per heavy atom. The molecular formula is C26H25F2N5OS. The fourth-order valence-electron chi connectivity index (χ4n) is 4.31. The molecule has 1 atom stereocenters. The van der Waals surface area contributed by atoms with Crippen LogP contribution in [0.15, 0.2) is 66.0 Å². The molecule has 1 aliphatic carbocycles. The highest BCUT2D eigenvalue weighted by Gasteiger charge is 2.41. The van der Waals surface area contributed by atoms with E-state index >= 15 is 8.78 Å². The van der Waals surface area contributed by atoms with E-state index in [2.05, 4.69) is 19.8 Å². The zero-order valence-corrected chi connectivity index (χ0v) is 20.5. The molecule has 3 aromatic heterocycles. The molecular weight excluding hydrogens is 468 g/mol. The second-order valence-electron chi connectivity index (χ2n) is 8.89. The summed E-state index contributed by atoms with van der Waals surface area (Å²) < 4.78 is 35.5. The third-order valence-electron chi connectivity index (χ3n) is 6.11. The molecule has 0 spiro atoms. The molecule has 0 fully saturated rings. The topological polar surface area (TPSA) is 75.6 Å². The van der Waals surface area contributed by atoms with Gasteiger partial charge in [-0.25, -0.2) is 13.8 Å². The maximum Gasteiger partial charge on any atom is 0.197 e. The minimum Gasteiger partial charge on any atom is -0.345 e. The third-order valence-corrected chi connectivity index (χ3v) is 7.09. The van der Waals surface area contributed by atoms with Gasteiger partial charge in [-0.15, -0.1) is 0 Å². The first-order valence-electron chi connectivity index (χ1n) is 11.4. The minimum absolute atomic E-state index is 0.0908. The van der Waals surface area contributed by atoms with Crippen LogP contribution in [-0.4, -0.2) is 37.0 Å². The van der Waals surface area contributed by atoms with Gasteiger partial charge in [0.05, 0.1) is 16.8 Å². The van der Waals surface area contributed by atoms with Crippen molar-refractivity contribution in [2.45, 2.75) is 32.4 Å². The van der Waals surface area contributed by atoms with Crippen LogP contribution in [0.25, 0.3) is 33.1 Å². The largest absolute Gasteiger partial charge is 0.345 e. The van der Waals surface area contributed by atoms with E-state index in [1.807, 2.05) is 44.4 Å². The Morgan fingerprint density at radius 2 is 2.14 bits per heavy atom. The lowest BCUT2D eigenvalue weighted by Crippen LogP contribution is -2.31. The van der Waals surface area contributed by atoms with Gasteiger partial charge in [-0.1, -0.05) is 37.1 Å². The molecule has 1 aromatic carbocycles. The number of carbonyl (C=O) groups is 1. The molecule has 0 bridgehead atoms. The van der Waals surface area contributed by atoms with Crippen molar-refractivity contribution in [3.63, 3.8) is 0 Å². The number of allylic oxidation sites excluding steroid dienone is 3. The van der Waals surface area contributed by atoms with Gasteiger partial charge in [-0.3, -0.25) is 9.48 Å². The number of H-pyrrole nitrogens is 1. The molecule has 1 unspecified atom stereocenters.